The zero-order valence-corrected chi connectivity index (χ0v) is 11.0. The minimum atomic E-state index is -0.789. The van der Waals surface area contributed by atoms with Gasteiger partial charge in [-0.2, -0.15) is 0 Å². The van der Waals surface area contributed by atoms with Gasteiger partial charge in [0.2, 0.25) is 5.91 Å². The molecule has 0 spiro atoms. The number of amides is 2. The largest absolute Gasteiger partial charge is 0.448 e. The third-order valence-electron chi connectivity index (χ3n) is 3.09. The van der Waals surface area contributed by atoms with Crippen molar-refractivity contribution in [2.75, 3.05) is 26.2 Å². The first-order valence-corrected chi connectivity index (χ1v) is 6.55. The molecule has 0 aliphatic carbocycles. The summed E-state index contributed by atoms with van der Waals surface area (Å²) in [5.74, 6) is 0.121. The fourth-order valence-electron chi connectivity index (χ4n) is 2.08. The van der Waals surface area contributed by atoms with Crippen LogP contribution < -0.4 is 11.1 Å². The van der Waals surface area contributed by atoms with Crippen LogP contribution >= 0.6 is 0 Å². The zero-order valence-electron chi connectivity index (χ0n) is 11.0. The molecule has 2 amide bonds. The molecule has 0 radical (unpaired) electrons. The Kier molecular flexibility index (Phi) is 6.49. The van der Waals surface area contributed by atoms with Crippen LogP contribution in [-0.2, 0) is 9.53 Å². The highest BCUT2D eigenvalue weighted by Gasteiger charge is 2.20. The van der Waals surface area contributed by atoms with Gasteiger partial charge in [0, 0.05) is 19.6 Å². The topological polar surface area (TPSA) is 84.7 Å². The molecular weight excluding hydrogens is 234 g/mol. The second-order valence-corrected chi connectivity index (χ2v) is 4.58. The van der Waals surface area contributed by atoms with Crippen LogP contribution in [0, 0.1) is 0 Å². The second-order valence-electron chi connectivity index (χ2n) is 4.58. The predicted molar refractivity (Wildman–Crippen MR) is 68.0 cm³/mol. The predicted octanol–water partition coefficient (Wildman–Crippen LogP) is 0.462. The summed E-state index contributed by atoms with van der Waals surface area (Å²) in [4.78, 5) is 24.4. The van der Waals surface area contributed by atoms with Crippen LogP contribution in [0.5, 0.6) is 0 Å². The molecule has 1 aliphatic heterocycles. The van der Waals surface area contributed by atoms with E-state index in [1.165, 1.54) is 12.8 Å². The Bertz CT molecular complexity index is 276. The van der Waals surface area contributed by atoms with Crippen molar-refractivity contribution in [3.8, 4) is 0 Å². The van der Waals surface area contributed by atoms with Gasteiger partial charge in [0.1, 0.15) is 6.61 Å². The van der Waals surface area contributed by atoms with Crippen molar-refractivity contribution in [2.24, 2.45) is 5.73 Å². The van der Waals surface area contributed by atoms with Crippen molar-refractivity contribution in [3.63, 3.8) is 0 Å². The summed E-state index contributed by atoms with van der Waals surface area (Å²) in [6.07, 6.45) is 3.80. The van der Waals surface area contributed by atoms with Gasteiger partial charge in [0.15, 0.2) is 0 Å². The lowest BCUT2D eigenvalue weighted by Gasteiger charge is -2.24. The van der Waals surface area contributed by atoms with E-state index in [0.29, 0.717) is 6.54 Å². The first-order valence-electron chi connectivity index (χ1n) is 6.55. The molecule has 1 aliphatic rings. The lowest BCUT2D eigenvalue weighted by atomic mass is 10.2. The van der Waals surface area contributed by atoms with E-state index >= 15 is 0 Å². The maximum Gasteiger partial charge on any atom is 0.404 e. The third kappa shape index (κ3) is 5.35. The van der Waals surface area contributed by atoms with Gasteiger partial charge in [-0.1, -0.05) is 12.8 Å². The molecule has 0 aromatic rings. The van der Waals surface area contributed by atoms with E-state index in [2.05, 4.69) is 10.1 Å². The van der Waals surface area contributed by atoms with Crippen molar-refractivity contribution in [1.82, 2.24) is 10.2 Å². The number of nitrogens with zero attached hydrogens (tertiary/aromatic N) is 1. The molecule has 0 aromatic heterocycles. The van der Waals surface area contributed by atoms with Crippen molar-refractivity contribution in [2.45, 2.75) is 38.6 Å². The first-order chi connectivity index (χ1) is 8.61. The second kappa shape index (κ2) is 7.92. The number of hydrogen-bond acceptors (Lipinski definition) is 4. The average Bonchev–Trinajstić information content (AvgIpc) is 2.61. The first kappa shape index (κ1) is 14.8. The van der Waals surface area contributed by atoms with E-state index in [0.717, 1.165) is 25.9 Å². The van der Waals surface area contributed by atoms with Crippen molar-refractivity contribution < 1.29 is 14.3 Å². The molecule has 1 heterocycles. The van der Waals surface area contributed by atoms with Crippen LogP contribution in [0.2, 0.25) is 0 Å². The number of ether oxygens (including phenoxy) is 1. The van der Waals surface area contributed by atoms with Gasteiger partial charge in [0.25, 0.3) is 0 Å². The molecule has 1 unspecified atom stereocenters. The number of primary amides is 1. The average molecular weight is 257 g/mol. The van der Waals surface area contributed by atoms with Crippen molar-refractivity contribution in [3.05, 3.63) is 0 Å². The van der Waals surface area contributed by atoms with Gasteiger partial charge >= 0.3 is 6.09 Å². The summed E-state index contributed by atoms with van der Waals surface area (Å²) in [6, 6.07) is -0.250. The number of rotatable bonds is 5. The van der Waals surface area contributed by atoms with Gasteiger partial charge < -0.3 is 20.7 Å². The van der Waals surface area contributed by atoms with E-state index in [4.69, 9.17) is 5.73 Å². The van der Waals surface area contributed by atoms with E-state index in [-0.39, 0.29) is 18.6 Å². The summed E-state index contributed by atoms with van der Waals surface area (Å²) in [7, 11) is 0. The zero-order chi connectivity index (χ0) is 13.4. The molecule has 1 rings (SSSR count). The summed E-state index contributed by atoms with van der Waals surface area (Å²) in [5, 5.41) is 3.03. The number of nitrogens with two attached hydrogens (primary N) is 1. The molecule has 0 aromatic carbocycles. The van der Waals surface area contributed by atoms with Gasteiger partial charge in [-0.15, -0.1) is 0 Å². The smallest absolute Gasteiger partial charge is 0.404 e. The molecule has 6 heteroatoms. The Morgan fingerprint density at radius 3 is 2.44 bits per heavy atom. The lowest BCUT2D eigenvalue weighted by Crippen LogP contribution is -2.46. The van der Waals surface area contributed by atoms with Crippen LogP contribution in [-0.4, -0.2) is 49.2 Å². The minimum Gasteiger partial charge on any atom is -0.448 e. The minimum absolute atomic E-state index is 0.121. The summed E-state index contributed by atoms with van der Waals surface area (Å²) in [5.41, 5.74) is 4.84. The lowest BCUT2D eigenvalue weighted by molar-refractivity contribution is -0.133. The summed E-state index contributed by atoms with van der Waals surface area (Å²) in [6.45, 7) is 4.15. The highest BCUT2D eigenvalue weighted by molar-refractivity contribution is 5.81. The highest BCUT2D eigenvalue weighted by Crippen LogP contribution is 2.10. The maximum absolute atomic E-state index is 12.1. The van der Waals surface area contributed by atoms with E-state index in [9.17, 15) is 9.59 Å². The molecule has 1 atom stereocenters. The SMILES string of the molecule is CC(NCCOC(N)=O)C(=O)N1CCCCCC1. The standard InChI is InChI=1S/C12H23N3O3/c1-10(14-6-9-18-12(13)17)11(16)15-7-4-2-3-5-8-15/h10,14H,2-9H2,1H3,(H2,13,17). The van der Waals surface area contributed by atoms with Gasteiger partial charge in [-0.25, -0.2) is 4.79 Å². The Hall–Kier alpha value is -1.30. The molecule has 1 fully saturated rings. The number of carbonyl (C=O) groups is 2. The maximum atomic E-state index is 12.1. The van der Waals surface area contributed by atoms with Gasteiger partial charge in [0.05, 0.1) is 6.04 Å². The Morgan fingerprint density at radius 1 is 1.28 bits per heavy atom. The Morgan fingerprint density at radius 2 is 1.89 bits per heavy atom. The number of hydrogen-bond donors (Lipinski definition) is 2. The molecule has 3 N–H and O–H groups in total. The van der Waals surface area contributed by atoms with E-state index in [1.54, 1.807) is 0 Å². The third-order valence-corrected chi connectivity index (χ3v) is 3.09. The summed E-state index contributed by atoms with van der Waals surface area (Å²) >= 11 is 0. The van der Waals surface area contributed by atoms with Crippen molar-refractivity contribution in [1.29, 1.82) is 0 Å². The van der Waals surface area contributed by atoms with Crippen molar-refractivity contribution >= 4 is 12.0 Å². The van der Waals surface area contributed by atoms with E-state index in [1.807, 2.05) is 11.8 Å². The molecule has 18 heavy (non-hydrogen) atoms. The fourth-order valence-corrected chi connectivity index (χ4v) is 2.08. The number of nitrogens with one attached hydrogen (secondary N) is 1. The van der Waals surface area contributed by atoms with Gasteiger partial charge in [-0.05, 0) is 19.8 Å². The normalized spacial score (nSPS) is 17.9. The molecule has 0 bridgehead atoms. The monoisotopic (exact) mass is 257 g/mol. The van der Waals surface area contributed by atoms with Gasteiger partial charge in [-0.3, -0.25) is 4.79 Å². The Balaban J connectivity index is 2.24. The quantitative estimate of drug-likeness (QED) is 0.701. The Labute approximate surface area is 108 Å². The molecule has 104 valence electrons. The highest BCUT2D eigenvalue weighted by atomic mass is 16.5. The fraction of sp³-hybridized carbons (Fsp3) is 0.833. The molecular formula is C12H23N3O3. The molecule has 1 saturated heterocycles. The summed E-state index contributed by atoms with van der Waals surface area (Å²) < 4.78 is 4.59. The number of likely N-dealkylation sites (tertiary alicyclic amines) is 1. The molecule has 0 saturated carbocycles. The van der Waals surface area contributed by atoms with Crippen LogP contribution in [0.4, 0.5) is 4.79 Å². The van der Waals surface area contributed by atoms with Crippen LogP contribution in [0.3, 0.4) is 0 Å². The number of carbonyl (C=O) groups excluding carboxylic acids is 2. The molecule has 6 nitrogen and oxygen atoms in total. The van der Waals surface area contributed by atoms with Crippen LogP contribution in [0.15, 0.2) is 0 Å². The van der Waals surface area contributed by atoms with Crippen LogP contribution in [0.25, 0.3) is 0 Å². The van der Waals surface area contributed by atoms with E-state index < -0.39 is 6.09 Å². The van der Waals surface area contributed by atoms with Crippen LogP contribution in [0.1, 0.15) is 32.6 Å².